The lowest BCUT2D eigenvalue weighted by Gasteiger charge is -2.26. The highest BCUT2D eigenvalue weighted by Gasteiger charge is 2.21. The van der Waals surface area contributed by atoms with E-state index in [4.69, 9.17) is 5.73 Å². The Kier molecular flexibility index (Phi) is 5.92. The number of aliphatic hydroxyl groups excluding tert-OH is 1. The van der Waals surface area contributed by atoms with Crippen molar-refractivity contribution in [2.75, 3.05) is 6.54 Å². The number of carbonyl (C=O) groups excluding carboxylic acids is 1. The molecule has 0 saturated heterocycles. The summed E-state index contributed by atoms with van der Waals surface area (Å²) in [6.07, 6.45) is 4.32. The Bertz CT molecular complexity index is 236. The smallest absolute Gasteiger partial charge is 0.236 e. The Labute approximate surface area is 104 Å². The molecule has 17 heavy (non-hydrogen) atoms. The Morgan fingerprint density at radius 3 is 2.47 bits per heavy atom. The van der Waals surface area contributed by atoms with Gasteiger partial charge in [0.15, 0.2) is 0 Å². The molecule has 1 amide bonds. The van der Waals surface area contributed by atoms with Crippen LogP contribution >= 0.6 is 0 Å². The largest absolute Gasteiger partial charge is 0.393 e. The van der Waals surface area contributed by atoms with Crippen molar-refractivity contribution in [1.29, 1.82) is 0 Å². The second-order valence-electron chi connectivity index (χ2n) is 5.66. The highest BCUT2D eigenvalue weighted by atomic mass is 16.3. The van der Waals surface area contributed by atoms with Gasteiger partial charge >= 0.3 is 0 Å². The number of hydrogen-bond acceptors (Lipinski definition) is 3. The van der Waals surface area contributed by atoms with E-state index in [1.165, 1.54) is 0 Å². The van der Waals surface area contributed by atoms with E-state index in [2.05, 4.69) is 19.2 Å². The summed E-state index contributed by atoms with van der Waals surface area (Å²) in [7, 11) is 0. The van der Waals surface area contributed by atoms with Crippen LogP contribution in [0.25, 0.3) is 0 Å². The van der Waals surface area contributed by atoms with Gasteiger partial charge in [0.05, 0.1) is 12.1 Å². The zero-order valence-corrected chi connectivity index (χ0v) is 11.0. The lowest BCUT2D eigenvalue weighted by Crippen LogP contribution is -2.43. The number of carbonyl (C=O) groups is 1. The summed E-state index contributed by atoms with van der Waals surface area (Å²) >= 11 is 0. The molecule has 0 spiro atoms. The molecular weight excluding hydrogens is 216 g/mol. The topological polar surface area (TPSA) is 75.4 Å². The number of rotatable bonds is 5. The molecule has 1 saturated carbocycles. The van der Waals surface area contributed by atoms with Crippen LogP contribution in [0.3, 0.4) is 0 Å². The van der Waals surface area contributed by atoms with Crippen molar-refractivity contribution in [3.8, 4) is 0 Å². The fourth-order valence-corrected chi connectivity index (χ4v) is 2.34. The van der Waals surface area contributed by atoms with Gasteiger partial charge in [-0.2, -0.15) is 0 Å². The second-order valence-corrected chi connectivity index (χ2v) is 5.66. The predicted octanol–water partition coefficient (Wildman–Crippen LogP) is 1.03. The van der Waals surface area contributed by atoms with Crippen LogP contribution in [-0.2, 0) is 4.79 Å². The zero-order chi connectivity index (χ0) is 12.8. The van der Waals surface area contributed by atoms with Gasteiger partial charge in [0.1, 0.15) is 0 Å². The quantitative estimate of drug-likeness (QED) is 0.674. The van der Waals surface area contributed by atoms with Crippen molar-refractivity contribution >= 4 is 5.91 Å². The van der Waals surface area contributed by atoms with E-state index in [0.29, 0.717) is 18.4 Å². The molecule has 1 atom stereocenters. The van der Waals surface area contributed by atoms with Gasteiger partial charge in [-0.25, -0.2) is 0 Å². The molecule has 0 radical (unpaired) electrons. The summed E-state index contributed by atoms with van der Waals surface area (Å²) in [4.78, 5) is 11.7. The molecule has 0 aliphatic heterocycles. The minimum Gasteiger partial charge on any atom is -0.393 e. The van der Waals surface area contributed by atoms with E-state index in [0.717, 1.165) is 32.1 Å². The van der Waals surface area contributed by atoms with Crippen LogP contribution in [0.4, 0.5) is 0 Å². The van der Waals surface area contributed by atoms with E-state index in [-0.39, 0.29) is 18.1 Å². The van der Waals surface area contributed by atoms with E-state index in [1.807, 2.05) is 0 Å². The number of amides is 1. The van der Waals surface area contributed by atoms with E-state index in [9.17, 15) is 9.90 Å². The summed E-state index contributed by atoms with van der Waals surface area (Å²) in [5, 5.41) is 12.3. The van der Waals surface area contributed by atoms with Gasteiger partial charge in [-0.1, -0.05) is 13.8 Å². The predicted molar refractivity (Wildman–Crippen MR) is 68.4 cm³/mol. The van der Waals surface area contributed by atoms with Crippen molar-refractivity contribution in [3.05, 3.63) is 0 Å². The van der Waals surface area contributed by atoms with Crippen molar-refractivity contribution in [2.45, 2.75) is 58.1 Å². The molecule has 1 aliphatic rings. The average molecular weight is 242 g/mol. The summed E-state index contributed by atoms with van der Waals surface area (Å²) in [6.45, 7) is 4.84. The fourth-order valence-electron chi connectivity index (χ4n) is 2.34. The molecule has 4 N–H and O–H groups in total. The SMILES string of the molecule is CC(C)CC(N)C(=O)NCC1CCC(O)CC1. The molecule has 0 heterocycles. The average Bonchev–Trinajstić information content (AvgIpc) is 2.27. The summed E-state index contributed by atoms with van der Waals surface area (Å²) in [5.41, 5.74) is 5.80. The summed E-state index contributed by atoms with van der Waals surface area (Å²) < 4.78 is 0. The van der Waals surface area contributed by atoms with Crippen LogP contribution in [0.2, 0.25) is 0 Å². The summed E-state index contributed by atoms with van der Waals surface area (Å²) in [5.74, 6) is 0.916. The molecular formula is C13H26N2O2. The van der Waals surface area contributed by atoms with Crippen LogP contribution in [0, 0.1) is 11.8 Å². The van der Waals surface area contributed by atoms with E-state index >= 15 is 0 Å². The first kappa shape index (κ1) is 14.5. The third kappa shape index (κ3) is 5.50. The van der Waals surface area contributed by atoms with Crippen molar-refractivity contribution < 1.29 is 9.90 Å². The number of hydrogen-bond donors (Lipinski definition) is 3. The van der Waals surface area contributed by atoms with Crippen LogP contribution in [-0.4, -0.2) is 29.7 Å². The molecule has 0 aromatic carbocycles. The van der Waals surface area contributed by atoms with Gasteiger partial charge in [0.25, 0.3) is 0 Å². The molecule has 1 aliphatic carbocycles. The number of nitrogens with two attached hydrogens (primary N) is 1. The van der Waals surface area contributed by atoms with Crippen molar-refractivity contribution in [1.82, 2.24) is 5.32 Å². The first-order valence-electron chi connectivity index (χ1n) is 6.70. The van der Waals surface area contributed by atoms with Gasteiger partial charge < -0.3 is 16.2 Å². The van der Waals surface area contributed by atoms with Gasteiger partial charge in [-0.15, -0.1) is 0 Å². The van der Waals surface area contributed by atoms with E-state index < -0.39 is 0 Å². The summed E-state index contributed by atoms with van der Waals surface area (Å²) in [6, 6.07) is -0.385. The van der Waals surface area contributed by atoms with Gasteiger partial charge in [0.2, 0.25) is 5.91 Å². The van der Waals surface area contributed by atoms with Crippen LogP contribution in [0.1, 0.15) is 46.0 Å². The highest BCUT2D eigenvalue weighted by Crippen LogP contribution is 2.23. The van der Waals surface area contributed by atoms with Crippen molar-refractivity contribution in [2.24, 2.45) is 17.6 Å². The Morgan fingerprint density at radius 2 is 1.94 bits per heavy atom. The first-order valence-corrected chi connectivity index (χ1v) is 6.70. The van der Waals surface area contributed by atoms with Crippen LogP contribution < -0.4 is 11.1 Å². The third-order valence-electron chi connectivity index (χ3n) is 3.44. The minimum atomic E-state index is -0.385. The second kappa shape index (κ2) is 6.97. The highest BCUT2D eigenvalue weighted by molar-refractivity contribution is 5.81. The number of nitrogens with one attached hydrogen (secondary N) is 1. The number of aliphatic hydroxyl groups is 1. The molecule has 1 rings (SSSR count). The molecule has 100 valence electrons. The van der Waals surface area contributed by atoms with Crippen molar-refractivity contribution in [3.63, 3.8) is 0 Å². The Hall–Kier alpha value is -0.610. The molecule has 4 nitrogen and oxygen atoms in total. The van der Waals surface area contributed by atoms with Gasteiger partial charge in [0, 0.05) is 6.54 Å². The van der Waals surface area contributed by atoms with Crippen LogP contribution in [0.15, 0.2) is 0 Å². The molecule has 1 fully saturated rings. The lowest BCUT2D eigenvalue weighted by molar-refractivity contribution is -0.122. The normalized spacial score (nSPS) is 26.9. The molecule has 4 heteroatoms. The first-order chi connectivity index (χ1) is 7.99. The standard InChI is InChI=1S/C13H26N2O2/c1-9(2)7-12(14)13(17)15-8-10-3-5-11(16)6-4-10/h9-12,16H,3-8,14H2,1-2H3,(H,15,17). The van der Waals surface area contributed by atoms with Gasteiger partial charge in [-0.3, -0.25) is 4.79 Å². The zero-order valence-electron chi connectivity index (χ0n) is 11.0. The maximum absolute atomic E-state index is 11.7. The lowest BCUT2D eigenvalue weighted by atomic mass is 9.87. The molecule has 0 aromatic heterocycles. The third-order valence-corrected chi connectivity index (χ3v) is 3.44. The van der Waals surface area contributed by atoms with E-state index in [1.54, 1.807) is 0 Å². The van der Waals surface area contributed by atoms with Crippen LogP contribution in [0.5, 0.6) is 0 Å². The Balaban J connectivity index is 2.19. The molecule has 0 bridgehead atoms. The monoisotopic (exact) mass is 242 g/mol. The maximum Gasteiger partial charge on any atom is 0.236 e. The fraction of sp³-hybridized carbons (Fsp3) is 0.923. The van der Waals surface area contributed by atoms with Gasteiger partial charge in [-0.05, 0) is 43.9 Å². The Morgan fingerprint density at radius 1 is 1.35 bits per heavy atom. The molecule has 1 unspecified atom stereocenters. The minimum absolute atomic E-state index is 0.0372. The maximum atomic E-state index is 11.7. The molecule has 0 aromatic rings.